The molecule has 9 aliphatic rings. The van der Waals surface area contributed by atoms with Crippen LogP contribution in [-0.2, 0) is 28.4 Å². The van der Waals surface area contributed by atoms with Crippen molar-refractivity contribution in [2.24, 2.45) is 46.3 Å². The molecule has 4 aliphatic carbocycles. The zero-order valence-electron chi connectivity index (χ0n) is 36.8. The highest BCUT2D eigenvalue weighted by Crippen LogP contribution is 2.70. The molecule has 0 bridgehead atoms. The lowest BCUT2D eigenvalue weighted by molar-refractivity contribution is -0.390. The van der Waals surface area contributed by atoms with Crippen LogP contribution >= 0.6 is 0 Å². The lowest BCUT2D eigenvalue weighted by Gasteiger charge is -2.58. The van der Waals surface area contributed by atoms with E-state index in [1.54, 1.807) is 0 Å². The van der Waals surface area contributed by atoms with Gasteiger partial charge in [-0.15, -0.1) is 0 Å². The summed E-state index contributed by atoms with van der Waals surface area (Å²) in [6.45, 7) is 8.50. The molecule has 8 fully saturated rings. The molecule has 11 N–H and O–H groups in total. The lowest BCUT2D eigenvalue weighted by Crippen LogP contribution is -2.67. The monoisotopic (exact) mass is 899 g/mol. The van der Waals surface area contributed by atoms with E-state index >= 15 is 0 Å². The van der Waals surface area contributed by atoms with Gasteiger partial charge in [0.25, 0.3) is 0 Å². The number of hydrogen-bond donors (Lipinski definition) is 11. The van der Waals surface area contributed by atoms with Crippen molar-refractivity contribution in [3.05, 3.63) is 11.6 Å². The molecule has 0 radical (unpaired) electrons. The second-order valence-electron chi connectivity index (χ2n) is 21.4. The SMILES string of the molecule is C[C@@H]1C[C@H](O)[C@H]2[C@H](C)[C@H]3[C@H](C[C@@H]4[C@H]5CC=C6C[C@H](O[C@H]7O[C@@H](CO)[C@H](O[C@H]8O[C@@H](CO)[C@H](O)[C@@H](O)[C@@H]8O[C@H]8O[C@@H](CO)[C@H](O)[C@@H](O)[C@@H]8O)[C@@H](O)[C@@H]7O)CC[C@@]6(C)[C@@H]5CC[C@]34C)N2C1. The van der Waals surface area contributed by atoms with Crippen LogP contribution in [0.4, 0.5) is 0 Å². The number of hydrogen-bond acceptors (Lipinski definition) is 18. The minimum absolute atomic E-state index is 0.00268. The number of allylic oxidation sites excluding steroid dienone is 1. The Morgan fingerprint density at radius 1 is 0.667 bits per heavy atom. The van der Waals surface area contributed by atoms with Crippen LogP contribution in [-0.4, -0.2) is 204 Å². The number of nitrogens with zero attached hydrogens (tertiary/aromatic N) is 1. The van der Waals surface area contributed by atoms with Crippen molar-refractivity contribution in [1.29, 1.82) is 0 Å². The quantitative estimate of drug-likeness (QED) is 0.113. The van der Waals surface area contributed by atoms with Crippen LogP contribution in [0.5, 0.6) is 0 Å². The molecular formula is C45H73NO17. The maximum atomic E-state index is 11.5. The van der Waals surface area contributed by atoms with Gasteiger partial charge >= 0.3 is 0 Å². The molecule has 5 aliphatic heterocycles. The summed E-state index contributed by atoms with van der Waals surface area (Å²) in [5, 5.41) is 117. The molecule has 9 rings (SSSR count). The zero-order valence-corrected chi connectivity index (χ0v) is 36.8. The largest absolute Gasteiger partial charge is 0.394 e. The van der Waals surface area contributed by atoms with E-state index in [0.29, 0.717) is 54.4 Å². The second-order valence-corrected chi connectivity index (χ2v) is 21.4. The fourth-order valence-electron chi connectivity index (χ4n) is 15.0. The Balaban J connectivity index is 0.858. The van der Waals surface area contributed by atoms with Crippen molar-refractivity contribution in [3.8, 4) is 0 Å². The summed E-state index contributed by atoms with van der Waals surface area (Å²) in [7, 11) is 0. The third kappa shape index (κ3) is 7.71. The van der Waals surface area contributed by atoms with Crippen molar-refractivity contribution in [2.75, 3.05) is 26.4 Å². The molecule has 63 heavy (non-hydrogen) atoms. The Labute approximate surface area is 368 Å². The van der Waals surface area contributed by atoms with Crippen LogP contribution in [0.25, 0.3) is 0 Å². The molecule has 5 heterocycles. The standard InChI is InChI=1S/C45H73NO17/c1-18-11-26(50)31-19(2)30-25(46(31)14-18)13-24-22-6-5-20-12-21(7-9-44(20,3)23(22)8-10-45(24,30)4)58-41-38(57)36(55)39(29(17-49)61-41)62-43-40(35(54)33(52)28(16-48)60-43)63-42-37(56)34(53)32(51)27(15-47)59-42/h5,18-19,21-43,47-57H,6-17H2,1-4H3/t18-,19-,21-,22+,23-,24-,25+,26+,27+,28+,29+,30+,31-,32+,33+,34-,35-,36+,37+,38+,39+,40+,41+,42-,43-,44-,45+/m1/s1. The number of aliphatic hydroxyl groups excluding tert-OH is 11. The summed E-state index contributed by atoms with van der Waals surface area (Å²) >= 11 is 0. The molecule has 5 saturated heterocycles. The van der Waals surface area contributed by atoms with Gasteiger partial charge in [0.15, 0.2) is 18.9 Å². The molecule has 18 nitrogen and oxygen atoms in total. The molecule has 3 saturated carbocycles. The van der Waals surface area contributed by atoms with Crippen molar-refractivity contribution in [2.45, 2.75) is 195 Å². The summed E-state index contributed by atoms with van der Waals surface area (Å²) < 4.78 is 35.5. The van der Waals surface area contributed by atoms with Crippen LogP contribution in [0.3, 0.4) is 0 Å². The average molecular weight is 900 g/mol. The van der Waals surface area contributed by atoms with E-state index in [-0.39, 0.29) is 29.1 Å². The first-order valence-corrected chi connectivity index (χ1v) is 23.6. The summed E-state index contributed by atoms with van der Waals surface area (Å²) in [6, 6.07) is 0.799. The number of rotatable bonds is 9. The maximum absolute atomic E-state index is 11.5. The summed E-state index contributed by atoms with van der Waals surface area (Å²) in [6.07, 6.45) is -15.1. The van der Waals surface area contributed by atoms with Crippen LogP contribution in [0.2, 0.25) is 0 Å². The number of piperidine rings is 1. The molecule has 27 atom stereocenters. The molecule has 360 valence electrons. The summed E-state index contributed by atoms with van der Waals surface area (Å²) in [4.78, 5) is 2.71. The van der Waals surface area contributed by atoms with Gasteiger partial charge in [0, 0.05) is 18.6 Å². The van der Waals surface area contributed by atoms with Gasteiger partial charge in [0.05, 0.1) is 32.0 Å². The van der Waals surface area contributed by atoms with Gasteiger partial charge < -0.3 is 84.6 Å². The lowest BCUT2D eigenvalue weighted by atomic mass is 9.47. The van der Waals surface area contributed by atoms with Gasteiger partial charge in [-0.1, -0.05) is 39.3 Å². The maximum Gasteiger partial charge on any atom is 0.187 e. The first-order chi connectivity index (χ1) is 29.9. The van der Waals surface area contributed by atoms with Crippen LogP contribution in [0, 0.1) is 46.3 Å². The highest BCUT2D eigenvalue weighted by atomic mass is 16.8. The average Bonchev–Trinajstić information content (AvgIpc) is 3.73. The van der Waals surface area contributed by atoms with Crippen molar-refractivity contribution in [1.82, 2.24) is 4.90 Å². The molecule has 0 aromatic rings. The third-order valence-corrected chi connectivity index (χ3v) is 18.0. The van der Waals surface area contributed by atoms with Gasteiger partial charge in [0.2, 0.25) is 0 Å². The Morgan fingerprint density at radius 2 is 1.27 bits per heavy atom. The van der Waals surface area contributed by atoms with Crippen LogP contribution in [0.1, 0.15) is 79.1 Å². The van der Waals surface area contributed by atoms with E-state index in [2.05, 4.69) is 38.7 Å². The highest BCUT2D eigenvalue weighted by molar-refractivity contribution is 5.27. The molecule has 0 aromatic carbocycles. The Morgan fingerprint density at radius 3 is 1.97 bits per heavy atom. The smallest absolute Gasteiger partial charge is 0.187 e. The van der Waals surface area contributed by atoms with Gasteiger partial charge in [-0.3, -0.25) is 4.90 Å². The molecule has 0 spiro atoms. The van der Waals surface area contributed by atoms with Crippen molar-refractivity contribution in [3.63, 3.8) is 0 Å². The number of fused-ring (bicyclic) bond motifs is 9. The van der Waals surface area contributed by atoms with E-state index in [1.165, 1.54) is 24.8 Å². The molecule has 0 unspecified atom stereocenters. The highest BCUT2D eigenvalue weighted by Gasteiger charge is 2.67. The molecule has 18 heteroatoms. The normalized spacial score (nSPS) is 57.1. The second kappa shape index (κ2) is 17.8. The van der Waals surface area contributed by atoms with Gasteiger partial charge in [-0.2, -0.15) is 0 Å². The van der Waals surface area contributed by atoms with Crippen molar-refractivity contribution >= 4 is 0 Å². The minimum Gasteiger partial charge on any atom is -0.394 e. The minimum atomic E-state index is -1.89. The first kappa shape index (κ1) is 47.1. The summed E-state index contributed by atoms with van der Waals surface area (Å²) in [5.41, 5.74) is 1.60. The van der Waals surface area contributed by atoms with E-state index in [1.807, 2.05) is 0 Å². The summed E-state index contributed by atoms with van der Waals surface area (Å²) in [5.74, 6) is 3.33. The van der Waals surface area contributed by atoms with E-state index < -0.39 is 112 Å². The Kier molecular flexibility index (Phi) is 13.3. The predicted molar refractivity (Wildman–Crippen MR) is 218 cm³/mol. The Bertz CT molecular complexity index is 1640. The first-order valence-electron chi connectivity index (χ1n) is 23.6. The molecule has 0 aromatic heterocycles. The zero-order chi connectivity index (χ0) is 45.0. The number of ether oxygens (including phenoxy) is 6. The predicted octanol–water partition coefficient (Wildman–Crippen LogP) is -1.90. The third-order valence-electron chi connectivity index (χ3n) is 18.0. The fraction of sp³-hybridized carbons (Fsp3) is 0.956. The fourth-order valence-corrected chi connectivity index (χ4v) is 15.0. The molecular weight excluding hydrogens is 826 g/mol. The van der Waals surface area contributed by atoms with Gasteiger partial charge in [0.1, 0.15) is 73.2 Å². The van der Waals surface area contributed by atoms with Crippen LogP contribution < -0.4 is 0 Å². The van der Waals surface area contributed by atoms with Crippen molar-refractivity contribution < 1.29 is 84.6 Å². The van der Waals surface area contributed by atoms with E-state index in [0.717, 1.165) is 25.8 Å². The molecule has 0 amide bonds. The van der Waals surface area contributed by atoms with Gasteiger partial charge in [-0.25, -0.2) is 0 Å². The van der Waals surface area contributed by atoms with E-state index in [9.17, 15) is 56.2 Å². The topological polar surface area (TPSA) is 281 Å². The van der Waals surface area contributed by atoms with Gasteiger partial charge in [-0.05, 0) is 97.7 Å². The Hall–Kier alpha value is -0.980. The van der Waals surface area contributed by atoms with E-state index in [4.69, 9.17) is 28.4 Å². The van der Waals surface area contributed by atoms with Crippen LogP contribution in [0.15, 0.2) is 11.6 Å². The number of aliphatic hydroxyl groups is 11.